The molecule has 0 N–H and O–H groups in total. The van der Waals surface area contributed by atoms with Crippen molar-refractivity contribution in [2.45, 2.75) is 243 Å². The molecule has 0 aliphatic heterocycles. The molecule has 6 aliphatic carbocycles. The lowest BCUT2D eigenvalue weighted by Gasteiger charge is -2.35. The summed E-state index contributed by atoms with van der Waals surface area (Å²) < 4.78 is 0. The highest BCUT2D eigenvalue weighted by molar-refractivity contribution is 9.09. The fourth-order valence-corrected chi connectivity index (χ4v) is 11.7. The quantitative estimate of drug-likeness (QED) is 0.192. The Morgan fingerprint density at radius 2 is 0.560 bits per heavy atom. The highest BCUT2D eigenvalue weighted by Crippen LogP contribution is 2.41. The highest BCUT2D eigenvalue weighted by Gasteiger charge is 2.27. The van der Waals surface area contributed by atoms with Gasteiger partial charge in [0.25, 0.3) is 0 Å². The smallest absolute Gasteiger partial charge is 0.0529 e. The Hall–Kier alpha value is 1.54. The van der Waals surface area contributed by atoms with Gasteiger partial charge in [0, 0.05) is 16.0 Å². The topological polar surface area (TPSA) is 0 Å². The zero-order valence-electron chi connectivity index (χ0n) is 33.6. The molecule has 0 amide bonds. The molecule has 0 heterocycles. The van der Waals surface area contributed by atoms with Gasteiger partial charge in [0.15, 0.2) is 0 Å². The number of fused-ring (bicyclic) bond motifs is 1. The van der Waals surface area contributed by atoms with E-state index in [1.54, 1.807) is 77.0 Å². The zero-order chi connectivity index (χ0) is 36.1. The lowest BCUT2D eigenvalue weighted by atomic mass is 9.71. The Labute approximate surface area is 341 Å². The molecule has 0 aromatic carbocycles. The molecule has 0 atom stereocenters. The van der Waals surface area contributed by atoms with Gasteiger partial charge in [-0.2, -0.15) is 0 Å². The summed E-state index contributed by atoms with van der Waals surface area (Å²) in [6, 6.07) is 0. The van der Waals surface area contributed by atoms with Gasteiger partial charge in [0.2, 0.25) is 0 Å². The molecule has 298 valence electrons. The predicted octanol–water partition coefficient (Wildman–Crippen LogP) is 18.0. The summed E-state index contributed by atoms with van der Waals surface area (Å²) >= 11 is 18.0. The fourth-order valence-electron chi connectivity index (χ4n) is 10.3. The number of unbranched alkanes of at least 4 members (excludes halogenated alkanes) is 2. The minimum atomic E-state index is 0.241. The van der Waals surface area contributed by atoms with Crippen molar-refractivity contribution >= 4 is 55.1 Å². The van der Waals surface area contributed by atoms with Gasteiger partial charge in [-0.15, -0.1) is 23.2 Å². The summed E-state index contributed by atoms with van der Waals surface area (Å²) in [7, 11) is 0. The van der Waals surface area contributed by atoms with E-state index in [4.69, 9.17) is 23.2 Å². The molecule has 6 saturated carbocycles. The van der Waals surface area contributed by atoms with Gasteiger partial charge in [-0.05, 0) is 48.3 Å². The lowest BCUT2D eigenvalue weighted by molar-refractivity contribution is 0.171. The van der Waals surface area contributed by atoms with E-state index in [9.17, 15) is 0 Å². The lowest BCUT2D eigenvalue weighted by Crippen LogP contribution is -2.22. The van der Waals surface area contributed by atoms with Crippen LogP contribution in [0.3, 0.4) is 0 Å². The number of halogens is 4. The van der Waals surface area contributed by atoms with Crippen molar-refractivity contribution in [1.29, 1.82) is 0 Å². The largest absolute Gasteiger partial charge is 0.123 e. The SMILES string of the molecule is C1CCC(C2CCCCC2)CC1.C1CCC(C2CCCCC2)CC1.C1CCC2CCCCC2C1.CCCCC(Cl)CCCC.ClC(CBr)CBr. The van der Waals surface area contributed by atoms with Crippen LogP contribution in [-0.4, -0.2) is 21.4 Å². The molecule has 6 rings (SSSR count). The zero-order valence-corrected chi connectivity index (χ0v) is 38.3. The van der Waals surface area contributed by atoms with Crippen molar-refractivity contribution in [2.24, 2.45) is 35.5 Å². The standard InChI is InChI=1S/2C12H22.C10H18.C9H19Cl.C3H5Br2Cl/c2*1-3-7-11(8-4-1)12-9-5-2-6-10-12;1-2-6-10-8-4-3-7-9(10)5-1;1-3-5-7-9(10)8-6-4-2;4-1-3(6)2-5/h2*11-12H,1-10H2;9-10H,1-8H2;9H,3-8H2,1-2H3;3H,1-2H2. The predicted molar refractivity (Wildman–Crippen MR) is 236 cm³/mol. The second-order valence-electron chi connectivity index (χ2n) is 17.5. The van der Waals surface area contributed by atoms with E-state index in [0.29, 0.717) is 5.38 Å². The molecule has 0 saturated heterocycles. The maximum absolute atomic E-state index is 6.04. The van der Waals surface area contributed by atoms with E-state index < -0.39 is 0 Å². The second kappa shape index (κ2) is 32.8. The van der Waals surface area contributed by atoms with Crippen LogP contribution in [0.5, 0.6) is 0 Å². The van der Waals surface area contributed by atoms with Crippen LogP contribution in [0.2, 0.25) is 0 Å². The molecule has 0 spiro atoms. The van der Waals surface area contributed by atoms with Crippen LogP contribution in [-0.2, 0) is 0 Å². The molecule has 0 nitrogen and oxygen atoms in total. The van der Waals surface area contributed by atoms with Crippen LogP contribution in [0.1, 0.15) is 232 Å². The van der Waals surface area contributed by atoms with E-state index in [0.717, 1.165) is 46.2 Å². The first kappa shape index (κ1) is 47.7. The second-order valence-corrected chi connectivity index (χ2v) is 20.0. The fraction of sp³-hybridized carbons (Fsp3) is 1.00. The van der Waals surface area contributed by atoms with Crippen molar-refractivity contribution in [2.75, 3.05) is 10.7 Å². The third-order valence-corrected chi connectivity index (χ3v) is 16.5. The molecule has 4 heteroatoms. The molecule has 6 fully saturated rings. The maximum Gasteiger partial charge on any atom is 0.0529 e. The number of hydrogen-bond acceptors (Lipinski definition) is 0. The van der Waals surface area contributed by atoms with E-state index in [-0.39, 0.29) is 5.38 Å². The molecule has 0 aromatic heterocycles. The van der Waals surface area contributed by atoms with E-state index in [1.165, 1.54) is 141 Å². The minimum Gasteiger partial charge on any atom is -0.123 e. The summed E-state index contributed by atoms with van der Waals surface area (Å²) in [5.41, 5.74) is 0. The van der Waals surface area contributed by atoms with E-state index >= 15 is 0 Å². The first-order valence-corrected chi connectivity index (χ1v) is 26.0. The molecule has 0 unspecified atom stereocenters. The van der Waals surface area contributed by atoms with Gasteiger partial charge in [0.05, 0.1) is 5.38 Å². The van der Waals surface area contributed by atoms with Gasteiger partial charge in [-0.25, -0.2) is 0 Å². The Morgan fingerprint density at radius 3 is 0.720 bits per heavy atom. The average molecular weight is 870 g/mol. The summed E-state index contributed by atoms with van der Waals surface area (Å²) in [4.78, 5) is 0. The van der Waals surface area contributed by atoms with Gasteiger partial charge in [-0.3, -0.25) is 0 Å². The van der Waals surface area contributed by atoms with Gasteiger partial charge in [-0.1, -0.05) is 251 Å². The summed E-state index contributed by atoms with van der Waals surface area (Å²) in [6.45, 7) is 4.42. The third-order valence-electron chi connectivity index (χ3n) is 13.5. The Kier molecular flexibility index (Phi) is 31.2. The van der Waals surface area contributed by atoms with Crippen LogP contribution < -0.4 is 0 Å². The Bertz CT molecular complexity index is 607. The number of alkyl halides is 4. The van der Waals surface area contributed by atoms with Crippen molar-refractivity contribution in [1.82, 2.24) is 0 Å². The van der Waals surface area contributed by atoms with Crippen LogP contribution in [0.25, 0.3) is 0 Å². The van der Waals surface area contributed by atoms with Gasteiger partial charge >= 0.3 is 0 Å². The first-order chi connectivity index (χ1) is 24.5. The van der Waals surface area contributed by atoms with Crippen molar-refractivity contribution in [3.8, 4) is 0 Å². The minimum absolute atomic E-state index is 0.241. The number of hydrogen-bond donors (Lipinski definition) is 0. The molecule has 0 bridgehead atoms. The normalized spacial score (nSPS) is 25.4. The van der Waals surface area contributed by atoms with Crippen molar-refractivity contribution in [3.05, 3.63) is 0 Å². The average Bonchev–Trinajstić information content (AvgIpc) is 3.21. The van der Waals surface area contributed by atoms with E-state index in [2.05, 4.69) is 45.7 Å². The van der Waals surface area contributed by atoms with Crippen LogP contribution in [0.15, 0.2) is 0 Å². The monoisotopic (exact) mass is 866 g/mol. The third kappa shape index (κ3) is 22.8. The molecule has 0 radical (unpaired) electrons. The molecular formula is C46H86Br2Cl2. The summed E-state index contributed by atoms with van der Waals surface area (Å²) in [6.07, 6.45) is 50.7. The maximum atomic E-state index is 6.04. The molecule has 6 aliphatic rings. The van der Waals surface area contributed by atoms with Gasteiger partial charge < -0.3 is 0 Å². The Morgan fingerprint density at radius 1 is 0.360 bits per heavy atom. The first-order valence-electron chi connectivity index (χ1n) is 22.9. The van der Waals surface area contributed by atoms with E-state index in [1.807, 2.05) is 0 Å². The summed E-state index contributed by atoms with van der Waals surface area (Å²) in [5.74, 6) is 6.86. The molecule has 0 aromatic rings. The van der Waals surface area contributed by atoms with Crippen LogP contribution in [0, 0.1) is 35.5 Å². The summed E-state index contributed by atoms with van der Waals surface area (Å²) in [5, 5.41) is 2.41. The van der Waals surface area contributed by atoms with Crippen LogP contribution >= 0.6 is 55.1 Å². The van der Waals surface area contributed by atoms with Gasteiger partial charge in [0.1, 0.15) is 0 Å². The number of rotatable bonds is 10. The molecule has 50 heavy (non-hydrogen) atoms. The Balaban J connectivity index is 0.000000221. The van der Waals surface area contributed by atoms with Crippen molar-refractivity contribution < 1.29 is 0 Å². The highest BCUT2D eigenvalue weighted by atomic mass is 79.9. The molecular weight excluding hydrogens is 783 g/mol. The van der Waals surface area contributed by atoms with Crippen LogP contribution in [0.4, 0.5) is 0 Å². The van der Waals surface area contributed by atoms with Crippen molar-refractivity contribution in [3.63, 3.8) is 0 Å².